The van der Waals surface area contributed by atoms with E-state index in [1.165, 1.54) is 23.8 Å². The topological polar surface area (TPSA) is 9.23 Å². The molecule has 0 spiro atoms. The number of fused-ring (bicyclic) bond motifs is 1. The Kier molecular flexibility index (Phi) is 6.54. The molecular weight excluding hydrogens is 435 g/mol. The van der Waals surface area contributed by atoms with Crippen molar-refractivity contribution in [3.05, 3.63) is 94.6 Å². The van der Waals surface area contributed by atoms with Crippen LogP contribution in [0.15, 0.2) is 60.7 Å². The first-order valence-electron chi connectivity index (χ1n) is 10.9. The van der Waals surface area contributed by atoms with Gasteiger partial charge in [0, 0.05) is 0 Å². The summed E-state index contributed by atoms with van der Waals surface area (Å²) in [4.78, 5) is 0. The SMILES string of the molecule is CCCCc1ccc(C2=CCc3c(cc(F)c(-c4ccc(OC(F)(F)F)cc4)c3F)C2)cc1. The predicted molar refractivity (Wildman–Crippen MR) is 119 cm³/mol. The van der Waals surface area contributed by atoms with E-state index in [1.54, 1.807) is 0 Å². The Hall–Kier alpha value is -3.15. The molecule has 3 aromatic carbocycles. The van der Waals surface area contributed by atoms with E-state index in [4.69, 9.17) is 0 Å². The fraction of sp³-hybridized carbons (Fsp3) is 0.259. The van der Waals surface area contributed by atoms with Crippen molar-refractivity contribution in [1.29, 1.82) is 0 Å². The summed E-state index contributed by atoms with van der Waals surface area (Å²) in [7, 11) is 0. The second-order valence-corrected chi connectivity index (χ2v) is 8.17. The highest BCUT2D eigenvalue weighted by molar-refractivity contribution is 5.74. The summed E-state index contributed by atoms with van der Waals surface area (Å²) in [5, 5.41) is 0. The first-order valence-corrected chi connectivity index (χ1v) is 10.9. The number of rotatable bonds is 6. The summed E-state index contributed by atoms with van der Waals surface area (Å²) < 4.78 is 71.1. The number of ether oxygens (including phenoxy) is 1. The Morgan fingerprint density at radius 1 is 0.909 bits per heavy atom. The molecule has 0 fully saturated rings. The van der Waals surface area contributed by atoms with Crippen LogP contribution in [-0.2, 0) is 19.3 Å². The molecule has 0 unspecified atom stereocenters. The Bertz CT molecular complexity index is 1160. The second-order valence-electron chi connectivity index (χ2n) is 8.17. The largest absolute Gasteiger partial charge is 0.573 e. The van der Waals surface area contributed by atoms with Gasteiger partial charge in [0.1, 0.15) is 17.4 Å². The van der Waals surface area contributed by atoms with E-state index < -0.39 is 23.7 Å². The van der Waals surface area contributed by atoms with Crippen LogP contribution in [0.1, 0.15) is 42.0 Å². The third-order valence-electron chi connectivity index (χ3n) is 5.87. The number of alkyl halides is 3. The molecule has 1 nitrogen and oxygen atoms in total. The maximum Gasteiger partial charge on any atom is 0.573 e. The van der Waals surface area contributed by atoms with Crippen LogP contribution in [0.4, 0.5) is 22.0 Å². The molecule has 6 heteroatoms. The maximum absolute atomic E-state index is 15.3. The first kappa shape index (κ1) is 23.0. The lowest BCUT2D eigenvalue weighted by molar-refractivity contribution is -0.274. The van der Waals surface area contributed by atoms with E-state index in [2.05, 4.69) is 23.8 Å². The smallest absolute Gasteiger partial charge is 0.406 e. The van der Waals surface area contributed by atoms with Gasteiger partial charge in [0.2, 0.25) is 0 Å². The van der Waals surface area contributed by atoms with Crippen molar-refractivity contribution >= 4 is 5.57 Å². The zero-order valence-electron chi connectivity index (χ0n) is 18.1. The van der Waals surface area contributed by atoms with Gasteiger partial charge >= 0.3 is 6.36 Å². The van der Waals surface area contributed by atoms with Crippen molar-refractivity contribution in [1.82, 2.24) is 0 Å². The summed E-state index contributed by atoms with van der Waals surface area (Å²) >= 11 is 0. The van der Waals surface area contributed by atoms with Gasteiger partial charge in [0.05, 0.1) is 5.56 Å². The molecule has 0 aliphatic heterocycles. The van der Waals surface area contributed by atoms with Crippen molar-refractivity contribution in [3.63, 3.8) is 0 Å². The number of hydrogen-bond acceptors (Lipinski definition) is 1. The molecule has 4 rings (SSSR count). The molecule has 33 heavy (non-hydrogen) atoms. The molecule has 0 bridgehead atoms. The van der Waals surface area contributed by atoms with Gasteiger partial charge in [-0.2, -0.15) is 0 Å². The average molecular weight is 458 g/mol. The minimum absolute atomic E-state index is 0.153. The van der Waals surface area contributed by atoms with E-state index in [1.807, 2.05) is 18.2 Å². The number of aryl methyl sites for hydroxylation is 1. The van der Waals surface area contributed by atoms with Crippen LogP contribution in [0.25, 0.3) is 16.7 Å². The van der Waals surface area contributed by atoms with Crippen molar-refractivity contribution in [2.75, 3.05) is 0 Å². The highest BCUT2D eigenvalue weighted by Gasteiger charge is 2.31. The molecule has 0 saturated carbocycles. The summed E-state index contributed by atoms with van der Waals surface area (Å²) in [5.74, 6) is -1.87. The van der Waals surface area contributed by atoms with Crippen LogP contribution in [-0.4, -0.2) is 6.36 Å². The Balaban J connectivity index is 1.58. The molecule has 0 N–H and O–H groups in total. The van der Waals surface area contributed by atoms with Gasteiger partial charge in [0.15, 0.2) is 0 Å². The van der Waals surface area contributed by atoms with Crippen LogP contribution >= 0.6 is 0 Å². The minimum atomic E-state index is -4.83. The van der Waals surface area contributed by atoms with Crippen LogP contribution in [0.3, 0.4) is 0 Å². The Morgan fingerprint density at radius 2 is 1.58 bits per heavy atom. The van der Waals surface area contributed by atoms with Crippen molar-refractivity contribution in [2.45, 2.75) is 45.4 Å². The van der Waals surface area contributed by atoms with Gasteiger partial charge < -0.3 is 4.74 Å². The first-order chi connectivity index (χ1) is 15.7. The fourth-order valence-corrected chi connectivity index (χ4v) is 4.16. The highest BCUT2D eigenvalue weighted by Crippen LogP contribution is 2.36. The molecule has 172 valence electrons. The number of hydrogen-bond donors (Lipinski definition) is 0. The summed E-state index contributed by atoms with van der Waals surface area (Å²) in [6, 6.07) is 14.2. The lowest BCUT2D eigenvalue weighted by atomic mass is 9.85. The second kappa shape index (κ2) is 9.38. The normalized spacial score (nSPS) is 13.5. The van der Waals surface area contributed by atoms with Gasteiger partial charge in [-0.05, 0) is 77.3 Å². The highest BCUT2D eigenvalue weighted by atomic mass is 19.4. The van der Waals surface area contributed by atoms with E-state index in [0.717, 1.165) is 42.5 Å². The van der Waals surface area contributed by atoms with Crippen LogP contribution in [0.2, 0.25) is 0 Å². The molecule has 0 saturated heterocycles. The molecular formula is C27H23F5O. The molecule has 0 heterocycles. The van der Waals surface area contributed by atoms with Gasteiger partial charge in [-0.3, -0.25) is 0 Å². The molecule has 1 aliphatic carbocycles. The number of unbranched alkanes of at least 4 members (excludes halogenated alkanes) is 1. The molecule has 1 aliphatic rings. The van der Waals surface area contributed by atoms with E-state index in [9.17, 15) is 17.6 Å². The van der Waals surface area contributed by atoms with Gasteiger partial charge in [0.25, 0.3) is 0 Å². The van der Waals surface area contributed by atoms with Crippen LogP contribution in [0.5, 0.6) is 5.75 Å². The number of benzene rings is 3. The van der Waals surface area contributed by atoms with Crippen molar-refractivity contribution in [3.8, 4) is 16.9 Å². The fourth-order valence-electron chi connectivity index (χ4n) is 4.16. The zero-order chi connectivity index (χ0) is 23.6. The van der Waals surface area contributed by atoms with Crippen LogP contribution in [0, 0.1) is 11.6 Å². The molecule has 0 radical (unpaired) electrons. The Morgan fingerprint density at radius 3 is 2.21 bits per heavy atom. The standard InChI is InChI=1S/C27H23F5O/c1-2-3-4-17-5-7-18(8-6-17)20-11-14-23-21(15-20)16-24(28)25(26(23)29)19-9-12-22(13-10-19)33-27(30,31)32/h5-13,16H,2-4,14-15H2,1H3. The predicted octanol–water partition coefficient (Wildman–Crippen LogP) is 8.06. The maximum atomic E-state index is 15.3. The average Bonchev–Trinajstić information content (AvgIpc) is 2.78. The number of halogens is 5. The molecule has 0 aromatic heterocycles. The summed E-state index contributed by atoms with van der Waals surface area (Å²) in [6.45, 7) is 2.15. The third kappa shape index (κ3) is 5.27. The monoisotopic (exact) mass is 458 g/mol. The third-order valence-corrected chi connectivity index (χ3v) is 5.87. The summed E-state index contributed by atoms with van der Waals surface area (Å²) in [6.07, 6.45) is 1.15. The van der Waals surface area contributed by atoms with E-state index in [-0.39, 0.29) is 11.1 Å². The number of allylic oxidation sites excluding steroid dienone is 2. The molecule has 0 amide bonds. The van der Waals surface area contributed by atoms with Crippen LogP contribution < -0.4 is 4.74 Å². The lowest BCUT2D eigenvalue weighted by Crippen LogP contribution is -2.17. The van der Waals surface area contributed by atoms with Crippen molar-refractivity contribution < 1.29 is 26.7 Å². The van der Waals surface area contributed by atoms with Gasteiger partial charge in [-0.15, -0.1) is 13.2 Å². The van der Waals surface area contributed by atoms with Crippen molar-refractivity contribution in [2.24, 2.45) is 0 Å². The van der Waals surface area contributed by atoms with E-state index in [0.29, 0.717) is 24.0 Å². The van der Waals surface area contributed by atoms with E-state index >= 15 is 4.39 Å². The van der Waals surface area contributed by atoms with Gasteiger partial charge in [-0.1, -0.05) is 55.8 Å². The zero-order valence-corrected chi connectivity index (χ0v) is 18.1. The molecule has 3 aromatic rings. The lowest BCUT2D eigenvalue weighted by Gasteiger charge is -2.21. The molecule has 0 atom stereocenters. The van der Waals surface area contributed by atoms with Gasteiger partial charge in [-0.25, -0.2) is 8.78 Å². The summed E-state index contributed by atoms with van der Waals surface area (Å²) in [5.41, 5.74) is 4.22. The quantitative estimate of drug-likeness (QED) is 0.340. The minimum Gasteiger partial charge on any atom is -0.406 e. The Labute approximate surface area is 189 Å².